The van der Waals surface area contributed by atoms with Crippen LogP contribution in [-0.4, -0.2) is 28.7 Å². The molecule has 0 radical (unpaired) electrons. The number of amides is 3. The maximum atomic E-state index is 12.5. The fraction of sp³-hybridized carbons (Fsp3) is 0.222. The first-order chi connectivity index (χ1) is 12.3. The third-order valence-corrected chi connectivity index (χ3v) is 4.83. The molecule has 2 aromatic rings. The number of hydrogen-bond donors (Lipinski definition) is 2. The number of aryl methyl sites for hydroxylation is 1. The number of carbonyl (C=O) groups excluding carboxylic acids is 3. The molecule has 134 valence electrons. The third kappa shape index (κ3) is 3.86. The Balaban J connectivity index is 1.78. The number of nitrogens with zero attached hydrogens (tertiary/aromatic N) is 1. The highest BCUT2D eigenvalue weighted by Crippen LogP contribution is 2.28. The standard InChI is InChI=1S/C18H15Cl2N3O3/c1-9-11(17(25)22-15-6-7-16(24)23-18(15)26)3-5-14(21-9)10-2-4-12(19)13(20)8-10/h2-5,8,15H,6-7H2,1H3,(H,22,25)(H,23,24,26). The van der Waals surface area contributed by atoms with Crippen molar-refractivity contribution >= 4 is 40.9 Å². The van der Waals surface area contributed by atoms with Crippen molar-refractivity contribution < 1.29 is 14.4 Å². The lowest BCUT2D eigenvalue weighted by atomic mass is 10.0. The Kier molecular flexibility index (Phi) is 5.25. The summed E-state index contributed by atoms with van der Waals surface area (Å²) in [5.41, 5.74) is 2.30. The lowest BCUT2D eigenvalue weighted by Gasteiger charge is -2.22. The van der Waals surface area contributed by atoms with E-state index in [0.717, 1.165) is 5.56 Å². The quantitative estimate of drug-likeness (QED) is 0.787. The van der Waals surface area contributed by atoms with E-state index in [2.05, 4.69) is 15.6 Å². The largest absolute Gasteiger partial charge is 0.340 e. The maximum Gasteiger partial charge on any atom is 0.253 e. The highest BCUT2D eigenvalue weighted by Gasteiger charge is 2.28. The van der Waals surface area contributed by atoms with Crippen molar-refractivity contribution in [3.63, 3.8) is 0 Å². The van der Waals surface area contributed by atoms with Gasteiger partial charge in [0.2, 0.25) is 11.8 Å². The van der Waals surface area contributed by atoms with Crippen molar-refractivity contribution in [2.24, 2.45) is 0 Å². The average molecular weight is 392 g/mol. The first kappa shape index (κ1) is 18.4. The van der Waals surface area contributed by atoms with Crippen LogP contribution < -0.4 is 10.6 Å². The van der Waals surface area contributed by atoms with E-state index in [1.54, 1.807) is 37.3 Å². The highest BCUT2D eigenvalue weighted by molar-refractivity contribution is 6.42. The third-order valence-electron chi connectivity index (χ3n) is 4.09. The van der Waals surface area contributed by atoms with Crippen LogP contribution in [0.5, 0.6) is 0 Å². The molecule has 0 aliphatic carbocycles. The van der Waals surface area contributed by atoms with Crippen molar-refractivity contribution in [2.75, 3.05) is 0 Å². The molecule has 1 saturated heterocycles. The molecule has 0 spiro atoms. The molecule has 1 aliphatic rings. The van der Waals surface area contributed by atoms with Gasteiger partial charge in [0.05, 0.1) is 27.0 Å². The number of halogens is 2. The van der Waals surface area contributed by atoms with Crippen LogP contribution in [0.4, 0.5) is 0 Å². The van der Waals surface area contributed by atoms with Gasteiger partial charge in [0.25, 0.3) is 5.91 Å². The molecular formula is C18H15Cl2N3O3. The number of imide groups is 1. The summed E-state index contributed by atoms with van der Waals surface area (Å²) in [6.07, 6.45) is 0.481. The Bertz CT molecular complexity index is 915. The van der Waals surface area contributed by atoms with E-state index in [-0.39, 0.29) is 18.7 Å². The highest BCUT2D eigenvalue weighted by atomic mass is 35.5. The minimum Gasteiger partial charge on any atom is -0.340 e. The lowest BCUT2D eigenvalue weighted by molar-refractivity contribution is -0.134. The van der Waals surface area contributed by atoms with Gasteiger partial charge in [-0.25, -0.2) is 0 Å². The van der Waals surface area contributed by atoms with Crippen LogP contribution in [0.15, 0.2) is 30.3 Å². The number of nitrogens with one attached hydrogen (secondary N) is 2. The number of carbonyl (C=O) groups is 3. The van der Waals surface area contributed by atoms with Gasteiger partial charge in [-0.15, -0.1) is 0 Å². The van der Waals surface area contributed by atoms with E-state index in [0.29, 0.717) is 27.0 Å². The van der Waals surface area contributed by atoms with Gasteiger partial charge in [0.15, 0.2) is 0 Å². The number of hydrogen-bond acceptors (Lipinski definition) is 4. The minimum atomic E-state index is -0.727. The molecule has 1 fully saturated rings. The normalized spacial score (nSPS) is 17.0. The molecule has 1 aromatic carbocycles. The van der Waals surface area contributed by atoms with Crippen LogP contribution in [0.1, 0.15) is 28.9 Å². The molecule has 3 amide bonds. The second kappa shape index (κ2) is 7.43. The zero-order chi connectivity index (χ0) is 18.8. The van der Waals surface area contributed by atoms with E-state index >= 15 is 0 Å². The fourth-order valence-corrected chi connectivity index (χ4v) is 2.98. The molecule has 1 aromatic heterocycles. The molecule has 1 aliphatic heterocycles. The molecular weight excluding hydrogens is 377 g/mol. The SMILES string of the molecule is Cc1nc(-c2ccc(Cl)c(Cl)c2)ccc1C(=O)NC1CCC(=O)NC1=O. The smallest absolute Gasteiger partial charge is 0.253 e. The van der Waals surface area contributed by atoms with Gasteiger partial charge in [-0.3, -0.25) is 24.7 Å². The summed E-state index contributed by atoms with van der Waals surface area (Å²) in [6, 6.07) is 7.79. The number of aromatic nitrogens is 1. The summed E-state index contributed by atoms with van der Waals surface area (Å²) in [5, 5.41) is 5.72. The van der Waals surface area contributed by atoms with Gasteiger partial charge in [-0.05, 0) is 37.6 Å². The van der Waals surface area contributed by atoms with Crippen LogP contribution in [0, 0.1) is 6.92 Å². The van der Waals surface area contributed by atoms with Crippen molar-refractivity contribution in [3.05, 3.63) is 51.6 Å². The van der Waals surface area contributed by atoms with E-state index < -0.39 is 17.9 Å². The number of rotatable bonds is 3. The molecule has 0 bridgehead atoms. The molecule has 2 heterocycles. The van der Waals surface area contributed by atoms with Gasteiger partial charge in [0, 0.05) is 12.0 Å². The molecule has 6 nitrogen and oxygen atoms in total. The summed E-state index contributed by atoms with van der Waals surface area (Å²) in [6.45, 7) is 1.71. The molecule has 2 N–H and O–H groups in total. The molecule has 1 unspecified atom stereocenters. The van der Waals surface area contributed by atoms with Crippen LogP contribution in [0.3, 0.4) is 0 Å². The Hall–Kier alpha value is -2.44. The summed E-state index contributed by atoms with van der Waals surface area (Å²) < 4.78 is 0. The first-order valence-corrected chi connectivity index (χ1v) is 8.68. The van der Waals surface area contributed by atoms with Crippen LogP contribution in [0.2, 0.25) is 10.0 Å². The van der Waals surface area contributed by atoms with Crippen LogP contribution >= 0.6 is 23.2 Å². The second-order valence-corrected chi connectivity index (χ2v) is 6.75. The molecule has 0 saturated carbocycles. The Morgan fingerprint density at radius 1 is 1.19 bits per heavy atom. The van der Waals surface area contributed by atoms with E-state index in [4.69, 9.17) is 23.2 Å². The summed E-state index contributed by atoms with van der Waals surface area (Å²) in [4.78, 5) is 39.8. The Labute approximate surface area is 159 Å². The van der Waals surface area contributed by atoms with E-state index in [9.17, 15) is 14.4 Å². The molecule has 1 atom stereocenters. The topological polar surface area (TPSA) is 88.2 Å². The summed E-state index contributed by atoms with van der Waals surface area (Å²) >= 11 is 12.0. The molecule has 3 rings (SSSR count). The van der Waals surface area contributed by atoms with Crippen molar-refractivity contribution in [1.29, 1.82) is 0 Å². The minimum absolute atomic E-state index is 0.199. The van der Waals surface area contributed by atoms with E-state index in [1.165, 1.54) is 0 Å². The van der Waals surface area contributed by atoms with Gasteiger partial charge in [-0.2, -0.15) is 0 Å². The van der Waals surface area contributed by atoms with Gasteiger partial charge < -0.3 is 5.32 Å². The predicted octanol–water partition coefficient (Wildman–Crippen LogP) is 2.90. The first-order valence-electron chi connectivity index (χ1n) is 7.93. The second-order valence-electron chi connectivity index (χ2n) is 5.94. The van der Waals surface area contributed by atoms with Gasteiger partial charge in [0.1, 0.15) is 6.04 Å². The predicted molar refractivity (Wildman–Crippen MR) is 98.1 cm³/mol. The average Bonchev–Trinajstić information content (AvgIpc) is 2.59. The van der Waals surface area contributed by atoms with E-state index in [1.807, 2.05) is 0 Å². The Morgan fingerprint density at radius 2 is 1.96 bits per heavy atom. The molecule has 8 heteroatoms. The van der Waals surface area contributed by atoms with Crippen LogP contribution in [0.25, 0.3) is 11.3 Å². The number of pyridine rings is 1. The van der Waals surface area contributed by atoms with Gasteiger partial charge >= 0.3 is 0 Å². The zero-order valence-corrected chi connectivity index (χ0v) is 15.3. The Morgan fingerprint density at radius 3 is 2.62 bits per heavy atom. The number of benzene rings is 1. The maximum absolute atomic E-state index is 12.5. The monoisotopic (exact) mass is 391 g/mol. The molecule has 26 heavy (non-hydrogen) atoms. The van der Waals surface area contributed by atoms with Crippen molar-refractivity contribution in [3.8, 4) is 11.3 Å². The fourth-order valence-electron chi connectivity index (χ4n) is 2.68. The van der Waals surface area contributed by atoms with Crippen LogP contribution in [-0.2, 0) is 9.59 Å². The van der Waals surface area contributed by atoms with Gasteiger partial charge in [-0.1, -0.05) is 29.3 Å². The number of piperidine rings is 1. The van der Waals surface area contributed by atoms with Crippen molar-refractivity contribution in [1.82, 2.24) is 15.6 Å². The summed E-state index contributed by atoms with van der Waals surface area (Å²) in [5.74, 6) is -1.23. The summed E-state index contributed by atoms with van der Waals surface area (Å²) in [7, 11) is 0. The zero-order valence-electron chi connectivity index (χ0n) is 13.8. The van der Waals surface area contributed by atoms with Crippen molar-refractivity contribution in [2.45, 2.75) is 25.8 Å². The lowest BCUT2D eigenvalue weighted by Crippen LogP contribution is -2.52.